The van der Waals surface area contributed by atoms with Gasteiger partial charge in [0.15, 0.2) is 0 Å². The van der Waals surface area contributed by atoms with Crippen LogP contribution < -0.4 is 0 Å². The Labute approximate surface area is 78.5 Å². The van der Waals surface area contributed by atoms with E-state index in [-0.39, 0.29) is 5.57 Å². The lowest BCUT2D eigenvalue weighted by Gasteiger charge is -2.14. The van der Waals surface area contributed by atoms with Gasteiger partial charge in [0.2, 0.25) is 6.10 Å². The summed E-state index contributed by atoms with van der Waals surface area (Å²) in [6.07, 6.45) is -1.85. The Kier molecular flexibility index (Phi) is 2.55. The molecule has 0 spiro atoms. The summed E-state index contributed by atoms with van der Waals surface area (Å²) in [6.45, 7) is 3.92. The normalized spacial score (nSPS) is 24.2. The van der Waals surface area contributed by atoms with Crippen molar-refractivity contribution in [2.24, 2.45) is 0 Å². The van der Waals surface area contributed by atoms with Gasteiger partial charge in [0.25, 0.3) is 0 Å². The Bertz CT molecular complexity index is 298. The zero-order valence-electron chi connectivity index (χ0n) is 7.38. The molecule has 4 nitrogen and oxygen atoms in total. The number of hydrogen-bond acceptors (Lipinski definition) is 4. The highest BCUT2D eigenvalue weighted by molar-refractivity contribution is 5.88. The largest absolute Gasteiger partial charge is 0.457 e. The van der Waals surface area contributed by atoms with Crippen LogP contribution in [0, 0.1) is 0 Å². The Morgan fingerprint density at radius 2 is 2.29 bits per heavy atom. The predicted molar refractivity (Wildman–Crippen MR) is 40.6 cm³/mol. The lowest BCUT2D eigenvalue weighted by atomic mass is 10.2. The van der Waals surface area contributed by atoms with Gasteiger partial charge in [-0.25, -0.2) is 9.59 Å². The second kappa shape index (κ2) is 3.36. The zero-order valence-corrected chi connectivity index (χ0v) is 7.38. The molecule has 1 heterocycles. The fourth-order valence-corrected chi connectivity index (χ4v) is 0.822. The summed E-state index contributed by atoms with van der Waals surface area (Å²) in [4.78, 5) is 21.3. The summed E-state index contributed by atoms with van der Waals surface area (Å²) in [5.41, 5.74) is -0.0138. The molecule has 1 atom stereocenters. The van der Waals surface area contributed by atoms with Gasteiger partial charge in [-0.05, 0) is 6.92 Å². The molecule has 1 fully saturated rings. The molecule has 6 heteroatoms. The maximum Gasteiger partial charge on any atom is 0.382 e. The van der Waals surface area contributed by atoms with Gasteiger partial charge in [-0.3, -0.25) is 0 Å². The van der Waals surface area contributed by atoms with Crippen LogP contribution in [0.2, 0.25) is 0 Å². The van der Waals surface area contributed by atoms with Crippen LogP contribution in [0.1, 0.15) is 6.92 Å². The number of alkyl halides is 2. The Morgan fingerprint density at radius 3 is 2.64 bits per heavy atom. The standard InChI is InChI=1S/C8H8F2O4/c1-4(2)6(11)14-5-3-13-7(12)8(5,9)10/h5H,1,3H2,2H3. The van der Waals surface area contributed by atoms with Gasteiger partial charge in [0.05, 0.1) is 0 Å². The molecule has 1 rings (SSSR count). The Morgan fingerprint density at radius 1 is 1.71 bits per heavy atom. The van der Waals surface area contributed by atoms with Gasteiger partial charge in [0.1, 0.15) is 6.61 Å². The minimum atomic E-state index is -3.76. The van der Waals surface area contributed by atoms with E-state index < -0.39 is 30.6 Å². The Balaban J connectivity index is 2.68. The Hall–Kier alpha value is -1.46. The van der Waals surface area contributed by atoms with E-state index in [0.29, 0.717) is 0 Å². The van der Waals surface area contributed by atoms with E-state index in [0.717, 1.165) is 0 Å². The van der Waals surface area contributed by atoms with E-state index in [1.54, 1.807) is 0 Å². The summed E-state index contributed by atoms with van der Waals surface area (Å²) >= 11 is 0. The highest BCUT2D eigenvalue weighted by Crippen LogP contribution is 2.29. The van der Waals surface area contributed by atoms with Crippen LogP contribution in [0.25, 0.3) is 0 Å². The topological polar surface area (TPSA) is 52.6 Å². The van der Waals surface area contributed by atoms with E-state index in [1.807, 2.05) is 0 Å². The summed E-state index contributed by atoms with van der Waals surface area (Å²) in [5, 5.41) is 0. The molecule has 0 bridgehead atoms. The molecule has 1 aliphatic rings. The van der Waals surface area contributed by atoms with E-state index in [4.69, 9.17) is 0 Å². The van der Waals surface area contributed by atoms with Crippen LogP contribution in [0.5, 0.6) is 0 Å². The number of cyclic esters (lactones) is 1. The molecule has 0 radical (unpaired) electrons. The minimum Gasteiger partial charge on any atom is -0.457 e. The predicted octanol–water partition coefficient (Wildman–Crippen LogP) is 0.666. The second-order valence-corrected chi connectivity index (χ2v) is 2.90. The van der Waals surface area contributed by atoms with E-state index >= 15 is 0 Å². The molecule has 1 aliphatic heterocycles. The van der Waals surface area contributed by atoms with Crippen molar-refractivity contribution >= 4 is 11.9 Å². The third-order valence-corrected chi connectivity index (χ3v) is 1.64. The molecule has 14 heavy (non-hydrogen) atoms. The molecule has 1 unspecified atom stereocenters. The molecule has 78 valence electrons. The van der Waals surface area contributed by atoms with Gasteiger partial charge in [-0.1, -0.05) is 6.58 Å². The van der Waals surface area contributed by atoms with Crippen LogP contribution in [0.3, 0.4) is 0 Å². The monoisotopic (exact) mass is 206 g/mol. The summed E-state index contributed by atoms with van der Waals surface area (Å²) < 4.78 is 34.1. The maximum atomic E-state index is 12.8. The van der Waals surface area contributed by atoms with Gasteiger partial charge in [-0.2, -0.15) is 8.78 Å². The number of hydrogen-bond donors (Lipinski definition) is 0. The summed E-state index contributed by atoms with van der Waals surface area (Å²) in [7, 11) is 0. The van der Waals surface area contributed by atoms with Gasteiger partial charge >= 0.3 is 17.9 Å². The van der Waals surface area contributed by atoms with Crippen molar-refractivity contribution < 1.29 is 27.8 Å². The SMILES string of the molecule is C=C(C)C(=O)OC1COC(=O)C1(F)F. The highest BCUT2D eigenvalue weighted by atomic mass is 19.3. The molecule has 0 amide bonds. The summed E-state index contributed by atoms with van der Waals surface area (Å²) in [5.74, 6) is -6.39. The molecule has 0 saturated carbocycles. The first-order valence-electron chi connectivity index (χ1n) is 3.77. The fourth-order valence-electron chi connectivity index (χ4n) is 0.822. The first kappa shape index (κ1) is 10.6. The van der Waals surface area contributed by atoms with E-state index in [1.165, 1.54) is 6.92 Å². The summed E-state index contributed by atoms with van der Waals surface area (Å²) in [6, 6.07) is 0. The maximum absolute atomic E-state index is 12.8. The number of ether oxygens (including phenoxy) is 2. The van der Waals surface area contributed by atoms with Crippen molar-refractivity contribution in [2.45, 2.75) is 19.0 Å². The van der Waals surface area contributed by atoms with Crippen molar-refractivity contribution in [3.63, 3.8) is 0 Å². The number of halogens is 2. The van der Waals surface area contributed by atoms with E-state index in [9.17, 15) is 18.4 Å². The number of rotatable bonds is 2. The third-order valence-electron chi connectivity index (χ3n) is 1.64. The lowest BCUT2D eigenvalue weighted by Crippen LogP contribution is -2.38. The minimum absolute atomic E-state index is 0.0138. The van der Waals surface area contributed by atoms with Crippen LogP contribution in [-0.2, 0) is 19.1 Å². The molecule has 0 aromatic heterocycles. The lowest BCUT2D eigenvalue weighted by molar-refractivity contribution is -0.170. The van der Waals surface area contributed by atoms with Crippen molar-refractivity contribution in [2.75, 3.05) is 6.61 Å². The number of carbonyl (C=O) groups excluding carboxylic acids is 2. The van der Waals surface area contributed by atoms with Crippen molar-refractivity contribution in [1.29, 1.82) is 0 Å². The van der Waals surface area contributed by atoms with Crippen LogP contribution >= 0.6 is 0 Å². The number of carbonyl (C=O) groups is 2. The second-order valence-electron chi connectivity index (χ2n) is 2.90. The van der Waals surface area contributed by atoms with Crippen molar-refractivity contribution in [3.8, 4) is 0 Å². The quantitative estimate of drug-likeness (QED) is 0.492. The molecule has 0 aromatic carbocycles. The van der Waals surface area contributed by atoms with Crippen LogP contribution in [0.4, 0.5) is 8.78 Å². The smallest absolute Gasteiger partial charge is 0.382 e. The molecule has 1 saturated heterocycles. The average Bonchev–Trinajstić information content (AvgIpc) is 2.31. The molecular formula is C8H8F2O4. The molecule has 0 N–H and O–H groups in total. The zero-order chi connectivity index (χ0) is 10.9. The van der Waals surface area contributed by atoms with Gasteiger partial charge in [0, 0.05) is 5.57 Å². The van der Waals surface area contributed by atoms with E-state index in [2.05, 4.69) is 16.1 Å². The van der Waals surface area contributed by atoms with Crippen LogP contribution in [-0.4, -0.2) is 30.6 Å². The van der Waals surface area contributed by atoms with Gasteiger partial charge in [-0.15, -0.1) is 0 Å². The number of esters is 2. The average molecular weight is 206 g/mol. The first-order chi connectivity index (χ1) is 6.35. The van der Waals surface area contributed by atoms with Gasteiger partial charge < -0.3 is 9.47 Å². The molecule has 0 aromatic rings. The van der Waals surface area contributed by atoms with Crippen molar-refractivity contribution in [3.05, 3.63) is 12.2 Å². The fraction of sp³-hybridized carbons (Fsp3) is 0.500. The molecule has 0 aliphatic carbocycles. The van der Waals surface area contributed by atoms with Crippen molar-refractivity contribution in [1.82, 2.24) is 0 Å². The third kappa shape index (κ3) is 1.73. The van der Waals surface area contributed by atoms with Crippen LogP contribution in [0.15, 0.2) is 12.2 Å². The first-order valence-corrected chi connectivity index (χ1v) is 3.77. The molecular weight excluding hydrogens is 198 g/mol. The highest BCUT2D eigenvalue weighted by Gasteiger charge is 2.57.